The van der Waals surface area contributed by atoms with Crippen LogP contribution in [0.4, 0.5) is 5.69 Å². The van der Waals surface area contributed by atoms with Crippen LogP contribution in [0.1, 0.15) is 34.6 Å². The van der Waals surface area contributed by atoms with E-state index in [4.69, 9.17) is 9.47 Å². The summed E-state index contributed by atoms with van der Waals surface area (Å²) in [6.07, 6.45) is -1.03. The van der Waals surface area contributed by atoms with Crippen LogP contribution in [-0.4, -0.2) is 23.8 Å². The van der Waals surface area contributed by atoms with Crippen LogP contribution in [-0.2, 0) is 9.53 Å². The van der Waals surface area contributed by atoms with Gasteiger partial charge in [0.05, 0.1) is 5.56 Å². The zero-order chi connectivity index (χ0) is 21.5. The number of ether oxygens (including phenoxy) is 2. The van der Waals surface area contributed by atoms with Crippen molar-refractivity contribution in [2.45, 2.75) is 20.0 Å². The molecule has 0 radical (unpaired) electrons. The Balaban J connectivity index is 1.62. The number of hydrogen-bond donors (Lipinski definition) is 1. The summed E-state index contributed by atoms with van der Waals surface area (Å²) in [6, 6.07) is 22.3. The van der Waals surface area contributed by atoms with E-state index in [9.17, 15) is 14.4 Å². The van der Waals surface area contributed by atoms with Gasteiger partial charge >= 0.3 is 5.97 Å². The second-order valence-corrected chi connectivity index (χ2v) is 6.62. The summed E-state index contributed by atoms with van der Waals surface area (Å²) in [4.78, 5) is 36.3. The fourth-order valence-electron chi connectivity index (χ4n) is 2.65. The summed E-state index contributed by atoms with van der Waals surface area (Å²) >= 11 is 0. The Labute approximate surface area is 174 Å². The van der Waals surface area contributed by atoms with E-state index in [1.807, 2.05) is 18.2 Å². The first-order chi connectivity index (χ1) is 14.4. The molecule has 0 unspecified atom stereocenters. The quantitative estimate of drug-likeness (QED) is 0.450. The number of carbonyl (C=O) groups is 3. The van der Waals surface area contributed by atoms with Crippen LogP contribution < -0.4 is 10.1 Å². The van der Waals surface area contributed by atoms with E-state index in [0.29, 0.717) is 22.7 Å². The lowest BCUT2D eigenvalue weighted by atomic mass is 10.1. The molecular weight excluding hydrogens is 382 g/mol. The first-order valence-corrected chi connectivity index (χ1v) is 9.38. The van der Waals surface area contributed by atoms with Gasteiger partial charge < -0.3 is 14.8 Å². The second-order valence-electron chi connectivity index (χ2n) is 6.62. The first kappa shape index (κ1) is 20.8. The molecule has 6 heteroatoms. The third kappa shape index (κ3) is 5.54. The Hall–Kier alpha value is -3.93. The fourth-order valence-corrected chi connectivity index (χ4v) is 2.65. The highest BCUT2D eigenvalue weighted by molar-refractivity contribution is 5.99. The van der Waals surface area contributed by atoms with Gasteiger partial charge in [0, 0.05) is 11.3 Å². The largest absolute Gasteiger partial charge is 0.457 e. The number of nitrogens with one attached hydrogen (secondary N) is 1. The van der Waals surface area contributed by atoms with Gasteiger partial charge in [-0.3, -0.25) is 9.59 Å². The molecule has 152 valence electrons. The average Bonchev–Trinajstić information content (AvgIpc) is 2.74. The van der Waals surface area contributed by atoms with Gasteiger partial charge in [-0.05, 0) is 56.3 Å². The molecule has 3 aromatic rings. The van der Waals surface area contributed by atoms with E-state index >= 15 is 0 Å². The maximum Gasteiger partial charge on any atom is 0.339 e. The number of benzene rings is 3. The van der Waals surface area contributed by atoms with Crippen molar-refractivity contribution in [1.29, 1.82) is 0 Å². The Kier molecular flexibility index (Phi) is 6.60. The van der Waals surface area contributed by atoms with Gasteiger partial charge in [0.15, 0.2) is 11.9 Å². The van der Waals surface area contributed by atoms with Crippen molar-refractivity contribution in [3.05, 3.63) is 90.0 Å². The van der Waals surface area contributed by atoms with Gasteiger partial charge in [-0.1, -0.05) is 36.4 Å². The SMILES string of the molecule is CC(=O)c1cccc(NC(=O)[C@H](C)OC(=O)c2cccc(Oc3ccccc3)c2)c1. The maximum absolute atomic E-state index is 12.5. The lowest BCUT2D eigenvalue weighted by Gasteiger charge is -2.14. The topological polar surface area (TPSA) is 81.7 Å². The van der Waals surface area contributed by atoms with Crippen molar-refractivity contribution in [3.8, 4) is 11.5 Å². The predicted octanol–water partition coefficient (Wildman–Crippen LogP) is 4.87. The number of Topliss-reactive ketones (excluding diaryl/α,β-unsaturated/α-hetero) is 1. The molecule has 0 bridgehead atoms. The highest BCUT2D eigenvalue weighted by Gasteiger charge is 2.19. The molecule has 0 aliphatic heterocycles. The van der Waals surface area contributed by atoms with Crippen molar-refractivity contribution < 1.29 is 23.9 Å². The average molecular weight is 403 g/mol. The molecule has 1 N–H and O–H groups in total. The van der Waals surface area contributed by atoms with Crippen molar-refractivity contribution in [3.63, 3.8) is 0 Å². The zero-order valence-corrected chi connectivity index (χ0v) is 16.6. The molecule has 1 amide bonds. The zero-order valence-electron chi connectivity index (χ0n) is 16.6. The summed E-state index contributed by atoms with van der Waals surface area (Å²) < 4.78 is 11.0. The van der Waals surface area contributed by atoms with Gasteiger partial charge in [-0.2, -0.15) is 0 Å². The van der Waals surface area contributed by atoms with Gasteiger partial charge in [0.2, 0.25) is 0 Å². The smallest absolute Gasteiger partial charge is 0.339 e. The summed E-state index contributed by atoms with van der Waals surface area (Å²) in [5, 5.41) is 2.64. The molecule has 0 spiro atoms. The lowest BCUT2D eigenvalue weighted by molar-refractivity contribution is -0.123. The second kappa shape index (κ2) is 9.52. The van der Waals surface area contributed by atoms with Crippen LogP contribution in [0.3, 0.4) is 0 Å². The van der Waals surface area contributed by atoms with Crippen molar-refractivity contribution in [2.24, 2.45) is 0 Å². The summed E-state index contributed by atoms with van der Waals surface area (Å²) in [7, 11) is 0. The molecule has 3 rings (SSSR count). The molecule has 0 aromatic heterocycles. The van der Waals surface area contributed by atoms with Gasteiger partial charge in [-0.25, -0.2) is 4.79 Å². The molecule has 0 aliphatic rings. The van der Waals surface area contributed by atoms with Gasteiger partial charge in [-0.15, -0.1) is 0 Å². The summed E-state index contributed by atoms with van der Waals surface area (Å²) in [5.74, 6) is -0.130. The van der Waals surface area contributed by atoms with Crippen molar-refractivity contribution in [2.75, 3.05) is 5.32 Å². The molecule has 30 heavy (non-hydrogen) atoms. The minimum Gasteiger partial charge on any atom is -0.457 e. The monoisotopic (exact) mass is 403 g/mol. The minimum absolute atomic E-state index is 0.108. The molecule has 0 fully saturated rings. The first-order valence-electron chi connectivity index (χ1n) is 9.38. The Morgan fingerprint density at radius 2 is 1.47 bits per heavy atom. The Morgan fingerprint density at radius 1 is 0.800 bits per heavy atom. The van der Waals surface area contributed by atoms with Gasteiger partial charge in [0.25, 0.3) is 5.91 Å². The van der Waals surface area contributed by atoms with E-state index in [-0.39, 0.29) is 11.3 Å². The predicted molar refractivity (Wildman–Crippen MR) is 113 cm³/mol. The van der Waals surface area contributed by atoms with E-state index in [1.165, 1.54) is 13.8 Å². The van der Waals surface area contributed by atoms with Crippen LogP contribution in [0.25, 0.3) is 0 Å². The fraction of sp³-hybridized carbons (Fsp3) is 0.125. The minimum atomic E-state index is -1.03. The molecule has 0 saturated carbocycles. The number of amides is 1. The molecule has 0 saturated heterocycles. The number of hydrogen-bond acceptors (Lipinski definition) is 5. The number of ketones is 1. The van der Waals surface area contributed by atoms with Crippen molar-refractivity contribution >= 4 is 23.3 Å². The highest BCUT2D eigenvalue weighted by Crippen LogP contribution is 2.22. The maximum atomic E-state index is 12.5. The third-order valence-electron chi connectivity index (χ3n) is 4.24. The number of rotatable bonds is 7. The van der Waals surface area contributed by atoms with Crippen LogP contribution >= 0.6 is 0 Å². The highest BCUT2D eigenvalue weighted by atomic mass is 16.5. The molecule has 6 nitrogen and oxygen atoms in total. The Morgan fingerprint density at radius 3 is 2.20 bits per heavy atom. The van der Waals surface area contributed by atoms with Crippen LogP contribution in [0.5, 0.6) is 11.5 Å². The number of para-hydroxylation sites is 1. The number of esters is 1. The van der Waals surface area contributed by atoms with Gasteiger partial charge in [0.1, 0.15) is 11.5 Å². The summed E-state index contributed by atoms with van der Waals surface area (Å²) in [6.45, 7) is 2.92. The third-order valence-corrected chi connectivity index (χ3v) is 4.24. The van der Waals surface area contributed by atoms with Crippen LogP contribution in [0.15, 0.2) is 78.9 Å². The van der Waals surface area contributed by atoms with E-state index < -0.39 is 18.0 Å². The normalized spacial score (nSPS) is 11.3. The molecule has 1 atom stereocenters. The molecule has 0 aliphatic carbocycles. The summed E-state index contributed by atoms with van der Waals surface area (Å²) in [5.41, 5.74) is 1.20. The lowest BCUT2D eigenvalue weighted by Crippen LogP contribution is -2.30. The molecular formula is C24H21NO5. The van der Waals surface area contributed by atoms with E-state index in [2.05, 4.69) is 5.32 Å². The van der Waals surface area contributed by atoms with Crippen LogP contribution in [0, 0.1) is 0 Å². The number of carbonyl (C=O) groups excluding carboxylic acids is 3. The van der Waals surface area contributed by atoms with E-state index in [0.717, 1.165) is 0 Å². The van der Waals surface area contributed by atoms with Crippen LogP contribution in [0.2, 0.25) is 0 Å². The standard InChI is InChI=1S/C24H21NO5/c1-16(26)18-8-6-10-20(14-18)25-23(27)17(2)29-24(28)19-9-7-13-22(15-19)30-21-11-4-3-5-12-21/h3-15,17H,1-2H3,(H,25,27)/t17-/m0/s1. The molecule has 3 aromatic carbocycles. The number of anilines is 1. The van der Waals surface area contributed by atoms with Crippen molar-refractivity contribution in [1.82, 2.24) is 0 Å². The Bertz CT molecular complexity index is 1060. The molecule has 0 heterocycles. The van der Waals surface area contributed by atoms with E-state index in [1.54, 1.807) is 60.7 Å².